The summed E-state index contributed by atoms with van der Waals surface area (Å²) in [5, 5.41) is 25.7. The average molecular weight is 908 g/mol. The van der Waals surface area contributed by atoms with Crippen LogP contribution in [0.4, 0.5) is 21.5 Å². The fraction of sp³-hybridized carbons (Fsp3) is 0.469. The Labute approximate surface area is 379 Å². The van der Waals surface area contributed by atoms with E-state index in [1.165, 1.54) is 67.0 Å². The molecule has 0 bridgehead atoms. The third-order valence-corrected chi connectivity index (χ3v) is 15.9. The highest BCUT2D eigenvalue weighted by molar-refractivity contribution is 7.90. The zero-order valence-electron chi connectivity index (χ0n) is 37.2. The van der Waals surface area contributed by atoms with Crippen LogP contribution >= 0.6 is 0 Å². The molecule has 1 spiro atoms. The average Bonchev–Trinajstić information content (AvgIpc) is 3.91. The first-order chi connectivity index (χ1) is 31.1. The molecule has 1 amide bonds. The van der Waals surface area contributed by atoms with Crippen molar-refractivity contribution < 1.29 is 32.4 Å². The molecule has 4 aliphatic rings. The second kappa shape index (κ2) is 17.7. The Bertz CT molecular complexity index is 2700. The van der Waals surface area contributed by atoms with Crippen LogP contribution in [-0.4, -0.2) is 83.6 Å². The predicted molar refractivity (Wildman–Crippen MR) is 248 cm³/mol. The largest absolute Gasteiger partial charge is 0.455 e. The van der Waals surface area contributed by atoms with Gasteiger partial charge in [-0.25, -0.2) is 22.5 Å². The molecule has 2 aliphatic carbocycles. The topological polar surface area (TPSA) is 183 Å². The number of amides is 1. The number of nitrogens with zero attached hydrogens (tertiary/aromatic N) is 4. The second-order valence-corrected chi connectivity index (χ2v) is 21.1. The van der Waals surface area contributed by atoms with Gasteiger partial charge >= 0.3 is 0 Å². The number of aliphatic hydroxyl groups is 1. The zero-order chi connectivity index (χ0) is 45.7. The number of nitrogens with one attached hydrogen (secondary N) is 3. The van der Waals surface area contributed by atoms with Crippen LogP contribution in [0.25, 0.3) is 11.0 Å². The normalized spacial score (nSPS) is 23.4. The van der Waals surface area contributed by atoms with Crippen molar-refractivity contribution in [3.63, 3.8) is 0 Å². The van der Waals surface area contributed by atoms with Crippen LogP contribution < -0.4 is 19.7 Å². The summed E-state index contributed by atoms with van der Waals surface area (Å²) in [5.74, 6) is -0.149. The molecule has 2 atom stereocenters. The van der Waals surface area contributed by atoms with E-state index in [0.29, 0.717) is 42.9 Å². The third kappa shape index (κ3) is 9.30. The lowest BCUT2D eigenvalue weighted by Crippen LogP contribution is -2.63. The van der Waals surface area contributed by atoms with Gasteiger partial charge in [0.15, 0.2) is 0 Å². The fourth-order valence-electron chi connectivity index (χ4n) is 10.8. The number of fused-ring (bicyclic) bond motifs is 1. The van der Waals surface area contributed by atoms with E-state index in [1.807, 2.05) is 0 Å². The van der Waals surface area contributed by atoms with Crippen molar-refractivity contribution in [2.75, 3.05) is 42.9 Å². The maximum atomic E-state index is 14.6. The Hall–Kier alpha value is -5.58. The number of pyridine rings is 1. The monoisotopic (exact) mass is 907 g/mol. The molecule has 9 rings (SSSR count). The molecule has 2 aromatic heterocycles. The number of hydrogen-bond acceptors (Lipinski definition) is 11. The number of nitro groups is 1. The lowest BCUT2D eigenvalue weighted by atomic mass is 9.70. The Morgan fingerprint density at radius 1 is 1.03 bits per heavy atom. The SMILES string of the molecule is CC(C)c1ccccc1[C@H]1CCC[C@H]1N1CC2(CCN(c3ccc(C(=O)NS(=O)(=O)c4ccc(NC[C@H]5CC[C@](C)(O)CC5)c([N+](=O)[O-])c4)c(Oc4cnc5[nH]cc(F)c5c4)c3)CC2)C1. The number of H-pyrrole nitrogens is 1. The lowest BCUT2D eigenvalue weighted by Gasteiger charge is -2.57. The molecular formula is C49H58FN7O7S. The van der Waals surface area contributed by atoms with E-state index in [9.17, 15) is 32.8 Å². The maximum absolute atomic E-state index is 14.6. The molecule has 14 nitrogen and oxygen atoms in total. The number of sulfonamides is 1. The molecule has 65 heavy (non-hydrogen) atoms. The van der Waals surface area contributed by atoms with Crippen molar-refractivity contribution in [1.29, 1.82) is 0 Å². The summed E-state index contributed by atoms with van der Waals surface area (Å²) in [7, 11) is -4.62. The minimum absolute atomic E-state index is 0.0334. The van der Waals surface area contributed by atoms with Crippen LogP contribution in [0.3, 0.4) is 0 Å². The van der Waals surface area contributed by atoms with Crippen LogP contribution in [0.2, 0.25) is 0 Å². The zero-order valence-corrected chi connectivity index (χ0v) is 38.0. The minimum Gasteiger partial charge on any atom is -0.455 e. The highest BCUT2D eigenvalue weighted by atomic mass is 32.2. The Balaban J connectivity index is 0.905. The molecule has 2 saturated carbocycles. The molecule has 4 fully saturated rings. The number of carbonyl (C=O) groups is 1. The summed E-state index contributed by atoms with van der Waals surface area (Å²) in [6.45, 7) is 10.5. The smallest absolute Gasteiger partial charge is 0.293 e. The molecule has 4 N–H and O–H groups in total. The second-order valence-electron chi connectivity index (χ2n) is 19.5. The quantitative estimate of drug-likeness (QED) is 0.0653. The number of rotatable bonds is 13. The van der Waals surface area contributed by atoms with Crippen molar-refractivity contribution in [2.45, 2.75) is 107 Å². The summed E-state index contributed by atoms with van der Waals surface area (Å²) in [4.78, 5) is 37.0. The first-order valence-corrected chi connectivity index (χ1v) is 24.4. The fourth-order valence-corrected chi connectivity index (χ4v) is 11.8. The van der Waals surface area contributed by atoms with Gasteiger partial charge in [-0.05, 0) is 123 Å². The number of ether oxygens (including phenoxy) is 1. The highest BCUT2D eigenvalue weighted by Gasteiger charge is 2.49. The number of piperidine rings is 1. The molecular weight excluding hydrogens is 850 g/mol. The highest BCUT2D eigenvalue weighted by Crippen LogP contribution is 2.49. The van der Waals surface area contributed by atoms with Gasteiger partial charge in [0.05, 0.1) is 32.6 Å². The van der Waals surface area contributed by atoms with Crippen LogP contribution in [0, 0.1) is 27.3 Å². The van der Waals surface area contributed by atoms with Crippen LogP contribution in [0.1, 0.15) is 112 Å². The van der Waals surface area contributed by atoms with Crippen molar-refractivity contribution in [3.05, 3.63) is 112 Å². The minimum atomic E-state index is -4.62. The molecule has 2 saturated heterocycles. The van der Waals surface area contributed by atoms with Gasteiger partial charge in [0.2, 0.25) is 0 Å². The number of nitro benzene ring substituents is 1. The number of anilines is 2. The maximum Gasteiger partial charge on any atom is 0.293 e. The van der Waals surface area contributed by atoms with Crippen molar-refractivity contribution in [1.82, 2.24) is 19.6 Å². The molecule has 4 heterocycles. The van der Waals surface area contributed by atoms with Gasteiger partial charge in [0.1, 0.15) is 28.7 Å². The van der Waals surface area contributed by atoms with E-state index in [2.05, 4.69) is 67.9 Å². The Morgan fingerprint density at radius 3 is 2.52 bits per heavy atom. The van der Waals surface area contributed by atoms with Gasteiger partial charge in [-0.2, -0.15) is 0 Å². The van der Waals surface area contributed by atoms with Gasteiger partial charge in [0, 0.05) is 62.8 Å². The van der Waals surface area contributed by atoms with E-state index in [0.717, 1.165) is 63.6 Å². The number of likely N-dealkylation sites (tertiary alicyclic amines) is 1. The molecule has 2 aliphatic heterocycles. The molecule has 0 unspecified atom stereocenters. The van der Waals surface area contributed by atoms with E-state index in [4.69, 9.17) is 4.74 Å². The third-order valence-electron chi connectivity index (χ3n) is 14.6. The predicted octanol–water partition coefficient (Wildman–Crippen LogP) is 9.24. The summed E-state index contributed by atoms with van der Waals surface area (Å²) < 4.78 is 50.4. The Morgan fingerprint density at radius 2 is 1.78 bits per heavy atom. The Kier molecular flexibility index (Phi) is 12.1. The van der Waals surface area contributed by atoms with Gasteiger partial charge in [0.25, 0.3) is 21.6 Å². The van der Waals surface area contributed by atoms with Crippen molar-refractivity contribution in [2.24, 2.45) is 11.3 Å². The summed E-state index contributed by atoms with van der Waals surface area (Å²) >= 11 is 0. The summed E-state index contributed by atoms with van der Waals surface area (Å²) in [5.41, 5.74) is 3.17. The molecule has 16 heteroatoms. The van der Waals surface area contributed by atoms with Crippen molar-refractivity contribution >= 4 is 44.0 Å². The molecule has 5 aromatic rings. The van der Waals surface area contributed by atoms with E-state index in [1.54, 1.807) is 19.1 Å². The van der Waals surface area contributed by atoms with E-state index < -0.39 is 42.9 Å². The summed E-state index contributed by atoms with van der Waals surface area (Å²) in [6, 6.07) is 19.4. The van der Waals surface area contributed by atoms with Crippen molar-refractivity contribution in [3.8, 4) is 11.5 Å². The molecule has 3 aromatic carbocycles. The molecule has 0 radical (unpaired) electrons. The number of hydrogen-bond donors (Lipinski definition) is 4. The standard InChI is InChI=1S/C49H58FN7O7S/c1-31(2)36-7-4-5-8-37(36)38-9-6-10-43(38)56-29-49(30-56)19-21-55(22-20-49)33-11-13-39(45(23-33)64-34-24-40-41(50)28-53-46(40)52-27-34)47(58)54-65(62,63)35-12-14-42(44(25-35)57(60)61)51-26-32-15-17-48(3,59)18-16-32/h4-5,7-8,11-14,23-25,27-28,31-32,38,43,51,59H,6,9-10,15-22,26,29-30H2,1-3H3,(H,52,53)(H,54,58)/t32-,38-,43-,48-/m1/s1. The first kappa shape index (κ1) is 44.6. The van der Waals surface area contributed by atoms with Crippen LogP contribution in [0.15, 0.2) is 84.0 Å². The number of carbonyl (C=O) groups excluding carboxylic acids is 1. The van der Waals surface area contributed by atoms with Gasteiger partial charge in [-0.15, -0.1) is 0 Å². The van der Waals surface area contributed by atoms with E-state index in [-0.39, 0.29) is 39.5 Å². The first-order valence-electron chi connectivity index (χ1n) is 22.9. The van der Waals surface area contributed by atoms with Gasteiger partial charge < -0.3 is 25.0 Å². The van der Waals surface area contributed by atoms with Crippen LogP contribution in [-0.2, 0) is 10.0 Å². The lowest BCUT2D eigenvalue weighted by molar-refractivity contribution is -0.384. The number of halogens is 1. The van der Waals surface area contributed by atoms with Gasteiger partial charge in [-0.3, -0.25) is 19.8 Å². The van der Waals surface area contributed by atoms with E-state index >= 15 is 0 Å². The van der Waals surface area contributed by atoms with Gasteiger partial charge in [-0.1, -0.05) is 44.5 Å². The molecule has 344 valence electrons. The number of aromatic amines is 1. The number of benzene rings is 3. The summed E-state index contributed by atoms with van der Waals surface area (Å²) in [6.07, 6.45) is 11.0. The number of aromatic nitrogens is 2. The van der Waals surface area contributed by atoms with Crippen LogP contribution in [0.5, 0.6) is 11.5 Å².